The second-order valence-corrected chi connectivity index (χ2v) is 7.30. The third-order valence-corrected chi connectivity index (χ3v) is 5.23. The molecule has 3 rings (SSSR count). The van der Waals surface area contributed by atoms with E-state index in [-0.39, 0.29) is 0 Å². The molecule has 3 heterocycles. The normalized spacial score (nSPS) is 11.8. The highest BCUT2D eigenvalue weighted by molar-refractivity contribution is 5.77. The highest BCUT2D eigenvalue weighted by Crippen LogP contribution is 2.29. The molecule has 138 valence electrons. The van der Waals surface area contributed by atoms with Crippen LogP contribution in [0.2, 0.25) is 0 Å². The van der Waals surface area contributed by atoms with Gasteiger partial charge in [-0.3, -0.25) is 4.98 Å². The average Bonchev–Trinajstić information content (AvgIpc) is 3.04. The maximum atomic E-state index is 4.98. The molecule has 0 saturated carbocycles. The van der Waals surface area contributed by atoms with E-state index >= 15 is 0 Å². The summed E-state index contributed by atoms with van der Waals surface area (Å²) in [5, 5.41) is 0. The highest BCUT2D eigenvalue weighted by Gasteiger charge is 2.17. The second kappa shape index (κ2) is 7.56. The van der Waals surface area contributed by atoms with Crippen LogP contribution in [0.3, 0.4) is 0 Å². The first-order chi connectivity index (χ1) is 12.5. The summed E-state index contributed by atoms with van der Waals surface area (Å²) in [5.41, 5.74) is 7.23. The summed E-state index contributed by atoms with van der Waals surface area (Å²) in [5.74, 6) is 0.429. The van der Waals surface area contributed by atoms with Gasteiger partial charge in [-0.1, -0.05) is 34.6 Å². The van der Waals surface area contributed by atoms with Crippen molar-refractivity contribution in [2.24, 2.45) is 0 Å². The molecule has 0 fully saturated rings. The lowest BCUT2D eigenvalue weighted by atomic mass is 10.0. The van der Waals surface area contributed by atoms with Crippen molar-refractivity contribution in [3.8, 4) is 11.3 Å². The molecule has 0 amide bonds. The van der Waals surface area contributed by atoms with Crippen LogP contribution in [0.4, 0.5) is 0 Å². The summed E-state index contributed by atoms with van der Waals surface area (Å²) in [6, 6.07) is 6.86. The van der Waals surface area contributed by atoms with Gasteiger partial charge in [0.05, 0.1) is 11.4 Å². The first-order valence-corrected chi connectivity index (χ1v) is 9.85. The lowest BCUT2D eigenvalue weighted by Gasteiger charge is -2.16. The molecule has 4 nitrogen and oxygen atoms in total. The van der Waals surface area contributed by atoms with Gasteiger partial charge < -0.3 is 4.57 Å². The molecule has 0 aliphatic rings. The lowest BCUT2D eigenvalue weighted by molar-refractivity contribution is 0.483. The molecule has 0 spiro atoms. The first-order valence-electron chi connectivity index (χ1n) is 9.85. The van der Waals surface area contributed by atoms with E-state index < -0.39 is 0 Å². The van der Waals surface area contributed by atoms with Crippen LogP contribution < -0.4 is 0 Å². The number of fused-ring (bicyclic) bond motifs is 1. The molecule has 0 bridgehead atoms. The van der Waals surface area contributed by atoms with Gasteiger partial charge in [0.25, 0.3) is 0 Å². The van der Waals surface area contributed by atoms with Crippen molar-refractivity contribution in [3.05, 3.63) is 41.5 Å². The zero-order valence-electron chi connectivity index (χ0n) is 16.9. The van der Waals surface area contributed by atoms with Gasteiger partial charge in [-0.2, -0.15) is 0 Å². The minimum absolute atomic E-state index is 0.429. The molecular formula is C22H30N4. The van der Waals surface area contributed by atoms with Crippen molar-refractivity contribution >= 4 is 11.2 Å². The standard InChI is InChI=1S/C22H30N4/c1-7-16(8-2)26-13-12-20-22(26)23-15(6)21(25-20)17-10-11-19(14(4)5)24-18(17)9-3/h10-14,16H,7-9H2,1-6H3. The van der Waals surface area contributed by atoms with Crippen molar-refractivity contribution in [3.63, 3.8) is 0 Å². The van der Waals surface area contributed by atoms with Crippen molar-refractivity contribution in [1.29, 1.82) is 0 Å². The zero-order chi connectivity index (χ0) is 18.8. The minimum atomic E-state index is 0.429. The van der Waals surface area contributed by atoms with E-state index in [0.29, 0.717) is 12.0 Å². The molecule has 0 aromatic carbocycles. The van der Waals surface area contributed by atoms with Crippen LogP contribution in [0.25, 0.3) is 22.4 Å². The van der Waals surface area contributed by atoms with Gasteiger partial charge in [0.15, 0.2) is 5.65 Å². The predicted molar refractivity (Wildman–Crippen MR) is 109 cm³/mol. The van der Waals surface area contributed by atoms with Gasteiger partial charge in [-0.05, 0) is 50.3 Å². The molecule has 0 atom stereocenters. The largest absolute Gasteiger partial charge is 0.328 e. The SMILES string of the molecule is CCc1nc(C(C)C)ccc1-c1nc2ccn(C(CC)CC)c2nc1C. The highest BCUT2D eigenvalue weighted by atomic mass is 15.1. The molecule has 0 radical (unpaired) electrons. The van der Waals surface area contributed by atoms with Crippen LogP contribution in [0, 0.1) is 6.92 Å². The van der Waals surface area contributed by atoms with Crippen LogP contribution in [0.1, 0.15) is 76.5 Å². The lowest BCUT2D eigenvalue weighted by Crippen LogP contribution is -2.07. The number of aromatic nitrogens is 4. The number of hydrogen-bond acceptors (Lipinski definition) is 3. The summed E-state index contributed by atoms with van der Waals surface area (Å²) < 4.78 is 2.28. The summed E-state index contributed by atoms with van der Waals surface area (Å²) in [4.78, 5) is 14.8. The smallest absolute Gasteiger partial charge is 0.159 e. The van der Waals surface area contributed by atoms with Crippen LogP contribution >= 0.6 is 0 Å². The van der Waals surface area contributed by atoms with E-state index in [2.05, 4.69) is 70.5 Å². The Hall–Kier alpha value is -2.23. The van der Waals surface area contributed by atoms with Gasteiger partial charge in [-0.15, -0.1) is 0 Å². The van der Waals surface area contributed by atoms with Gasteiger partial charge in [-0.25, -0.2) is 9.97 Å². The Balaban J connectivity index is 2.14. The van der Waals surface area contributed by atoms with Crippen LogP contribution in [0.15, 0.2) is 24.4 Å². The van der Waals surface area contributed by atoms with Gasteiger partial charge in [0.1, 0.15) is 5.52 Å². The quantitative estimate of drug-likeness (QED) is 0.560. The first kappa shape index (κ1) is 18.6. The fourth-order valence-electron chi connectivity index (χ4n) is 3.60. The van der Waals surface area contributed by atoms with E-state index in [4.69, 9.17) is 15.0 Å². The van der Waals surface area contributed by atoms with Crippen molar-refractivity contribution in [2.45, 2.75) is 72.8 Å². The fraction of sp³-hybridized carbons (Fsp3) is 0.500. The average molecular weight is 351 g/mol. The van der Waals surface area contributed by atoms with E-state index in [9.17, 15) is 0 Å². The van der Waals surface area contributed by atoms with Crippen molar-refractivity contribution in [1.82, 2.24) is 19.5 Å². The summed E-state index contributed by atoms with van der Waals surface area (Å²) in [7, 11) is 0. The van der Waals surface area contributed by atoms with E-state index in [1.165, 1.54) is 0 Å². The zero-order valence-corrected chi connectivity index (χ0v) is 16.9. The molecule has 4 heteroatoms. The molecule has 0 aliphatic heterocycles. The topological polar surface area (TPSA) is 43.6 Å². The van der Waals surface area contributed by atoms with E-state index in [1.54, 1.807) is 0 Å². The Labute approximate surface area is 156 Å². The van der Waals surface area contributed by atoms with Crippen molar-refractivity contribution in [2.75, 3.05) is 0 Å². The second-order valence-electron chi connectivity index (χ2n) is 7.30. The maximum Gasteiger partial charge on any atom is 0.159 e. The Morgan fingerprint density at radius 3 is 2.31 bits per heavy atom. The monoisotopic (exact) mass is 350 g/mol. The van der Waals surface area contributed by atoms with E-state index in [1.807, 2.05) is 0 Å². The summed E-state index contributed by atoms with van der Waals surface area (Å²) in [6.45, 7) is 13.0. The van der Waals surface area contributed by atoms with Gasteiger partial charge >= 0.3 is 0 Å². The Morgan fingerprint density at radius 1 is 0.962 bits per heavy atom. The van der Waals surface area contributed by atoms with Crippen molar-refractivity contribution < 1.29 is 0 Å². The third-order valence-electron chi connectivity index (χ3n) is 5.23. The number of pyridine rings is 1. The van der Waals surface area contributed by atoms with Crippen LogP contribution in [-0.4, -0.2) is 19.5 Å². The molecule has 0 unspecified atom stereocenters. The number of nitrogens with zero attached hydrogens (tertiary/aromatic N) is 4. The Bertz CT molecular complexity index is 904. The minimum Gasteiger partial charge on any atom is -0.328 e. The summed E-state index contributed by atoms with van der Waals surface area (Å²) >= 11 is 0. The molecule has 0 saturated heterocycles. The molecule has 0 aliphatic carbocycles. The molecule has 3 aromatic heterocycles. The number of rotatable bonds is 6. The van der Waals surface area contributed by atoms with Gasteiger partial charge in [0, 0.05) is 29.2 Å². The Morgan fingerprint density at radius 2 is 1.69 bits per heavy atom. The third kappa shape index (κ3) is 3.25. The molecular weight excluding hydrogens is 320 g/mol. The number of aryl methyl sites for hydroxylation is 2. The number of hydrogen-bond donors (Lipinski definition) is 0. The fourth-order valence-corrected chi connectivity index (χ4v) is 3.60. The molecule has 26 heavy (non-hydrogen) atoms. The maximum absolute atomic E-state index is 4.98. The van der Waals surface area contributed by atoms with E-state index in [0.717, 1.165) is 58.8 Å². The van der Waals surface area contributed by atoms with Crippen LogP contribution in [-0.2, 0) is 6.42 Å². The molecule has 0 N–H and O–H groups in total. The molecule has 3 aromatic rings. The summed E-state index contributed by atoms with van der Waals surface area (Å²) in [6.07, 6.45) is 5.23. The predicted octanol–water partition coefficient (Wildman–Crippen LogP) is 5.85. The van der Waals surface area contributed by atoms with Crippen LogP contribution in [0.5, 0.6) is 0 Å². The Kier molecular flexibility index (Phi) is 5.40. The van der Waals surface area contributed by atoms with Gasteiger partial charge in [0.2, 0.25) is 0 Å².